The summed E-state index contributed by atoms with van der Waals surface area (Å²) in [6.45, 7) is 11.9. The van der Waals surface area contributed by atoms with Crippen molar-refractivity contribution in [3.05, 3.63) is 0 Å². The lowest BCUT2D eigenvalue weighted by Gasteiger charge is -2.42. The molecule has 2 fully saturated rings. The minimum absolute atomic E-state index is 0.330. The molecule has 1 nitrogen and oxygen atoms in total. The van der Waals surface area contributed by atoms with Gasteiger partial charge in [0.25, 0.3) is 0 Å². The van der Waals surface area contributed by atoms with E-state index < -0.39 is 0 Å². The van der Waals surface area contributed by atoms with Crippen molar-refractivity contribution in [1.82, 2.24) is 0 Å². The second-order valence-electron chi connectivity index (χ2n) is 8.99. The van der Waals surface area contributed by atoms with Crippen LogP contribution in [0.1, 0.15) is 86.0 Å². The molecule has 0 saturated heterocycles. The molecule has 20 heavy (non-hydrogen) atoms. The van der Waals surface area contributed by atoms with E-state index in [0.717, 1.165) is 24.7 Å². The largest absolute Gasteiger partial charge is 0.299 e. The normalized spacial score (nSPS) is 36.0. The number of carbonyl (C=O) groups excluding carboxylic acids is 1. The van der Waals surface area contributed by atoms with Gasteiger partial charge < -0.3 is 0 Å². The fraction of sp³-hybridized carbons (Fsp3) is 0.947. The molecular formula is C19H34O. The molecule has 2 saturated carbocycles. The van der Waals surface area contributed by atoms with E-state index in [9.17, 15) is 4.79 Å². The van der Waals surface area contributed by atoms with E-state index in [2.05, 4.69) is 34.6 Å². The number of hydrogen-bond acceptors (Lipinski definition) is 1. The Hall–Kier alpha value is -0.330. The predicted molar refractivity (Wildman–Crippen MR) is 85.6 cm³/mol. The molecule has 0 heterocycles. The molecule has 0 N–H and O–H groups in total. The Kier molecular flexibility index (Phi) is 4.66. The first kappa shape index (κ1) is 16.0. The van der Waals surface area contributed by atoms with Crippen LogP contribution in [0.25, 0.3) is 0 Å². The van der Waals surface area contributed by atoms with Gasteiger partial charge >= 0.3 is 0 Å². The molecular weight excluding hydrogens is 244 g/mol. The van der Waals surface area contributed by atoms with Crippen LogP contribution in [-0.4, -0.2) is 5.78 Å². The summed E-state index contributed by atoms with van der Waals surface area (Å²) in [5.41, 5.74) is 0.791. The maximum atomic E-state index is 12.2. The Labute approximate surface area is 125 Å². The van der Waals surface area contributed by atoms with Crippen molar-refractivity contribution in [2.45, 2.75) is 86.0 Å². The van der Waals surface area contributed by atoms with Crippen LogP contribution >= 0.6 is 0 Å². The average molecular weight is 278 g/mol. The minimum atomic E-state index is 0.330. The molecule has 0 aliphatic heterocycles. The molecule has 2 aliphatic carbocycles. The molecule has 0 bridgehead atoms. The molecule has 0 unspecified atom stereocenters. The van der Waals surface area contributed by atoms with Gasteiger partial charge in [-0.1, -0.05) is 47.5 Å². The fourth-order valence-electron chi connectivity index (χ4n) is 5.06. The van der Waals surface area contributed by atoms with Crippen LogP contribution in [0, 0.1) is 28.6 Å². The zero-order valence-corrected chi connectivity index (χ0v) is 14.3. The average Bonchev–Trinajstić information content (AvgIpc) is 2.66. The van der Waals surface area contributed by atoms with Gasteiger partial charge in [-0.2, -0.15) is 0 Å². The first-order valence-electron chi connectivity index (χ1n) is 8.77. The van der Waals surface area contributed by atoms with Crippen molar-refractivity contribution in [3.63, 3.8) is 0 Å². The molecule has 0 radical (unpaired) electrons. The monoisotopic (exact) mass is 278 g/mol. The van der Waals surface area contributed by atoms with Gasteiger partial charge in [0, 0.05) is 12.3 Å². The summed E-state index contributed by atoms with van der Waals surface area (Å²) >= 11 is 0. The number of hydrogen-bond donors (Lipinski definition) is 0. The molecule has 116 valence electrons. The van der Waals surface area contributed by atoms with E-state index in [1.165, 1.54) is 38.5 Å². The van der Waals surface area contributed by atoms with Crippen molar-refractivity contribution in [3.8, 4) is 0 Å². The molecule has 0 spiro atoms. The van der Waals surface area contributed by atoms with Gasteiger partial charge in [-0.05, 0) is 54.8 Å². The van der Waals surface area contributed by atoms with Gasteiger partial charge in [0.05, 0.1) is 0 Å². The fourth-order valence-corrected chi connectivity index (χ4v) is 5.06. The van der Waals surface area contributed by atoms with Gasteiger partial charge in [-0.3, -0.25) is 4.79 Å². The number of rotatable bonds is 4. The van der Waals surface area contributed by atoms with Crippen molar-refractivity contribution in [1.29, 1.82) is 0 Å². The lowest BCUT2D eigenvalue weighted by Crippen LogP contribution is -2.39. The van der Waals surface area contributed by atoms with E-state index in [-0.39, 0.29) is 0 Å². The van der Waals surface area contributed by atoms with E-state index >= 15 is 0 Å². The molecule has 0 aromatic rings. The van der Waals surface area contributed by atoms with Crippen molar-refractivity contribution < 1.29 is 4.79 Å². The van der Waals surface area contributed by atoms with Crippen LogP contribution in [0.4, 0.5) is 0 Å². The highest BCUT2D eigenvalue weighted by Crippen LogP contribution is 2.57. The molecule has 2 aliphatic rings. The number of fused-ring (bicyclic) bond motifs is 1. The number of carbonyl (C=O) groups is 1. The Balaban J connectivity index is 1.93. The Morgan fingerprint density at radius 1 is 1.30 bits per heavy atom. The molecule has 0 aromatic carbocycles. The Morgan fingerprint density at radius 2 is 2.00 bits per heavy atom. The third-order valence-corrected chi connectivity index (χ3v) is 6.21. The summed E-state index contributed by atoms with van der Waals surface area (Å²) in [6.07, 6.45) is 9.75. The standard InChI is InChI=1S/C19H34O/c1-14(8-6-12-18(2,3)4)15-10-11-16-17(20)9-7-13-19(15,16)5/h14-16H,6-13H2,1-5H3/t14-,15-,16+,19-/m1/s1. The van der Waals surface area contributed by atoms with Gasteiger partial charge in [-0.15, -0.1) is 0 Å². The Bertz CT molecular complexity index is 351. The zero-order chi connectivity index (χ0) is 15.0. The van der Waals surface area contributed by atoms with Gasteiger partial charge in [-0.25, -0.2) is 0 Å². The third-order valence-electron chi connectivity index (χ3n) is 6.21. The van der Waals surface area contributed by atoms with Gasteiger partial charge in [0.1, 0.15) is 5.78 Å². The molecule has 0 aromatic heterocycles. The lowest BCUT2D eigenvalue weighted by atomic mass is 9.62. The van der Waals surface area contributed by atoms with Gasteiger partial charge in [0.15, 0.2) is 0 Å². The summed E-state index contributed by atoms with van der Waals surface area (Å²) in [6, 6.07) is 0. The smallest absolute Gasteiger partial charge is 0.136 e. The topological polar surface area (TPSA) is 17.1 Å². The molecule has 2 rings (SSSR count). The third kappa shape index (κ3) is 3.28. The molecule has 1 heteroatoms. The maximum Gasteiger partial charge on any atom is 0.136 e. The highest BCUT2D eigenvalue weighted by atomic mass is 16.1. The van der Waals surface area contributed by atoms with E-state index in [1.54, 1.807) is 0 Å². The first-order valence-corrected chi connectivity index (χ1v) is 8.77. The van der Waals surface area contributed by atoms with Crippen LogP contribution in [0.3, 0.4) is 0 Å². The summed E-state index contributed by atoms with van der Waals surface area (Å²) in [5.74, 6) is 2.55. The summed E-state index contributed by atoms with van der Waals surface area (Å²) in [4.78, 5) is 12.2. The van der Waals surface area contributed by atoms with E-state index in [0.29, 0.717) is 22.5 Å². The summed E-state index contributed by atoms with van der Waals surface area (Å²) < 4.78 is 0. The summed E-state index contributed by atoms with van der Waals surface area (Å²) in [5, 5.41) is 0. The molecule has 4 atom stereocenters. The number of ketones is 1. The number of Topliss-reactive ketones (excluding diaryl/α,β-unsaturated/α-hetero) is 1. The van der Waals surface area contributed by atoms with Crippen LogP contribution in [0.5, 0.6) is 0 Å². The molecule has 0 amide bonds. The minimum Gasteiger partial charge on any atom is -0.299 e. The second-order valence-corrected chi connectivity index (χ2v) is 8.99. The van der Waals surface area contributed by atoms with Crippen LogP contribution in [-0.2, 0) is 4.79 Å². The van der Waals surface area contributed by atoms with E-state index in [1.807, 2.05) is 0 Å². The SMILES string of the molecule is C[C@H](CCCC(C)(C)C)[C@H]1CC[C@H]2C(=O)CCC[C@]12C. The second kappa shape index (κ2) is 5.81. The van der Waals surface area contributed by atoms with Crippen LogP contribution in [0.15, 0.2) is 0 Å². The predicted octanol–water partition coefficient (Wildman–Crippen LogP) is 5.62. The summed E-state index contributed by atoms with van der Waals surface area (Å²) in [7, 11) is 0. The van der Waals surface area contributed by atoms with Crippen molar-refractivity contribution in [2.75, 3.05) is 0 Å². The van der Waals surface area contributed by atoms with Crippen molar-refractivity contribution in [2.24, 2.45) is 28.6 Å². The quantitative estimate of drug-likeness (QED) is 0.652. The van der Waals surface area contributed by atoms with Crippen LogP contribution < -0.4 is 0 Å². The highest BCUT2D eigenvalue weighted by Gasteiger charge is 2.52. The van der Waals surface area contributed by atoms with Crippen molar-refractivity contribution >= 4 is 5.78 Å². The maximum absolute atomic E-state index is 12.2. The first-order chi connectivity index (χ1) is 9.24. The van der Waals surface area contributed by atoms with E-state index in [4.69, 9.17) is 0 Å². The van der Waals surface area contributed by atoms with Gasteiger partial charge in [0.2, 0.25) is 0 Å². The zero-order valence-electron chi connectivity index (χ0n) is 14.3. The highest BCUT2D eigenvalue weighted by molar-refractivity contribution is 5.83. The Morgan fingerprint density at radius 3 is 2.65 bits per heavy atom. The van der Waals surface area contributed by atoms with Crippen LogP contribution in [0.2, 0.25) is 0 Å². The lowest BCUT2D eigenvalue weighted by molar-refractivity contribution is -0.130.